The molecule has 0 unspecified atom stereocenters. The zero-order valence-corrected chi connectivity index (χ0v) is 18.1. The number of fused-ring (bicyclic) bond motifs is 2. The largest absolute Gasteiger partial charge is 0.336 e. The Morgan fingerprint density at radius 2 is 1.83 bits per heavy atom. The summed E-state index contributed by atoms with van der Waals surface area (Å²) < 4.78 is 29.6. The molecule has 160 valence electrons. The number of sulfonamides is 1. The Morgan fingerprint density at radius 3 is 2.63 bits per heavy atom. The molecule has 5 rings (SSSR count). The Kier molecular flexibility index (Phi) is 4.89. The van der Waals surface area contributed by atoms with Gasteiger partial charge in [-0.05, 0) is 55.4 Å². The summed E-state index contributed by atoms with van der Waals surface area (Å²) in [5.41, 5.74) is 4.39. The number of hydrogen-bond acceptors (Lipinski definition) is 5. The third-order valence-corrected chi connectivity index (χ3v) is 8.70. The molecule has 9 heteroatoms. The van der Waals surface area contributed by atoms with Crippen LogP contribution in [0.1, 0.15) is 41.8 Å². The third kappa shape index (κ3) is 3.33. The minimum Gasteiger partial charge on any atom is -0.336 e. The first-order valence-electron chi connectivity index (χ1n) is 10.7. The maximum Gasteiger partial charge on any atom is 0.243 e. The molecule has 0 N–H and O–H groups in total. The lowest BCUT2D eigenvalue weighted by atomic mass is 9.95. The van der Waals surface area contributed by atoms with Crippen molar-refractivity contribution in [2.75, 3.05) is 19.6 Å². The van der Waals surface area contributed by atoms with Crippen LogP contribution in [0.3, 0.4) is 0 Å². The van der Waals surface area contributed by atoms with Gasteiger partial charge in [0.15, 0.2) is 0 Å². The molecular weight excluding hydrogens is 402 g/mol. The number of rotatable bonds is 3. The molecule has 0 atom stereocenters. The van der Waals surface area contributed by atoms with E-state index in [9.17, 15) is 13.2 Å². The highest BCUT2D eigenvalue weighted by Gasteiger charge is 2.35. The van der Waals surface area contributed by atoms with Crippen LogP contribution in [-0.2, 0) is 47.7 Å². The Bertz CT molecular complexity index is 1090. The highest BCUT2D eigenvalue weighted by Crippen LogP contribution is 2.29. The maximum absolute atomic E-state index is 13.1. The molecule has 1 saturated heterocycles. The number of nitrogens with zero attached hydrogens (tertiary/aromatic N) is 5. The first kappa shape index (κ1) is 19.7. The standard InChI is InChI=1S/C21H27N5O3S/c1-24-20-9-10-25(14-19(20)22-23-24)21(27)16-7-11-26(12-8-16)30(28,29)18-6-5-15-3-2-4-17(15)13-18/h5-6,13,16H,2-4,7-12,14H2,1H3. The van der Waals surface area contributed by atoms with Gasteiger partial charge in [0.25, 0.3) is 0 Å². The maximum atomic E-state index is 13.1. The van der Waals surface area contributed by atoms with Crippen LogP contribution in [0.2, 0.25) is 0 Å². The summed E-state index contributed by atoms with van der Waals surface area (Å²) in [5.74, 6) is -0.0180. The molecule has 1 fully saturated rings. The van der Waals surface area contributed by atoms with Crippen LogP contribution in [0.25, 0.3) is 0 Å². The molecule has 8 nitrogen and oxygen atoms in total. The lowest BCUT2D eigenvalue weighted by molar-refractivity contribution is -0.137. The normalized spacial score (nSPS) is 20.2. The fourth-order valence-corrected chi connectivity index (χ4v) is 6.52. The molecule has 0 bridgehead atoms. The van der Waals surface area contributed by atoms with Gasteiger partial charge >= 0.3 is 0 Å². The van der Waals surface area contributed by atoms with Crippen molar-refractivity contribution in [3.63, 3.8) is 0 Å². The third-order valence-electron chi connectivity index (χ3n) is 6.81. The zero-order valence-electron chi connectivity index (χ0n) is 17.2. The molecule has 3 aliphatic rings. The van der Waals surface area contributed by atoms with Gasteiger partial charge in [0, 0.05) is 39.0 Å². The van der Waals surface area contributed by atoms with Gasteiger partial charge in [0.2, 0.25) is 15.9 Å². The van der Waals surface area contributed by atoms with Crippen molar-refractivity contribution in [2.45, 2.75) is 50.0 Å². The predicted octanol–water partition coefficient (Wildman–Crippen LogP) is 1.29. The van der Waals surface area contributed by atoms with Crippen LogP contribution in [-0.4, -0.2) is 58.2 Å². The van der Waals surface area contributed by atoms with Gasteiger partial charge in [0.05, 0.1) is 17.1 Å². The van der Waals surface area contributed by atoms with Crippen molar-refractivity contribution in [1.82, 2.24) is 24.2 Å². The number of piperidine rings is 1. The molecule has 0 saturated carbocycles. The molecule has 0 radical (unpaired) electrons. The Morgan fingerprint density at radius 1 is 1.07 bits per heavy atom. The van der Waals surface area contributed by atoms with Gasteiger partial charge in [-0.3, -0.25) is 9.48 Å². The van der Waals surface area contributed by atoms with Crippen molar-refractivity contribution >= 4 is 15.9 Å². The minimum absolute atomic E-state index is 0.112. The summed E-state index contributed by atoms with van der Waals surface area (Å²) in [6, 6.07) is 5.55. The Balaban J connectivity index is 1.23. The molecule has 0 spiro atoms. The molecule has 3 heterocycles. The smallest absolute Gasteiger partial charge is 0.243 e. The van der Waals surface area contributed by atoms with E-state index in [1.54, 1.807) is 15.1 Å². The van der Waals surface area contributed by atoms with Gasteiger partial charge < -0.3 is 4.90 Å². The highest BCUT2D eigenvalue weighted by molar-refractivity contribution is 7.89. The number of hydrogen-bond donors (Lipinski definition) is 0. The second kappa shape index (κ2) is 7.46. The highest BCUT2D eigenvalue weighted by atomic mass is 32.2. The molecule has 1 aromatic heterocycles. The predicted molar refractivity (Wildman–Crippen MR) is 110 cm³/mol. The Labute approximate surface area is 176 Å². The Hall–Kier alpha value is -2.26. The minimum atomic E-state index is -3.51. The average molecular weight is 430 g/mol. The molecule has 1 aliphatic carbocycles. The molecule has 2 aromatic rings. The average Bonchev–Trinajstić information content (AvgIpc) is 3.39. The monoisotopic (exact) mass is 429 g/mol. The van der Waals surface area contributed by atoms with Gasteiger partial charge in [-0.15, -0.1) is 5.10 Å². The van der Waals surface area contributed by atoms with Crippen LogP contribution in [0, 0.1) is 5.92 Å². The van der Waals surface area contributed by atoms with Crippen LogP contribution in [0.15, 0.2) is 23.1 Å². The van der Waals surface area contributed by atoms with Crippen LogP contribution >= 0.6 is 0 Å². The van der Waals surface area contributed by atoms with E-state index in [0.29, 0.717) is 43.9 Å². The van der Waals surface area contributed by atoms with Crippen molar-refractivity contribution in [3.05, 3.63) is 40.7 Å². The lowest BCUT2D eigenvalue weighted by Gasteiger charge is -2.34. The van der Waals surface area contributed by atoms with Crippen molar-refractivity contribution in [2.24, 2.45) is 13.0 Å². The van der Waals surface area contributed by atoms with Gasteiger partial charge in [-0.25, -0.2) is 8.42 Å². The number of carbonyl (C=O) groups excluding carboxylic acids is 1. The van der Waals surface area contributed by atoms with E-state index < -0.39 is 10.0 Å². The summed E-state index contributed by atoms with van der Waals surface area (Å²) in [6.07, 6.45) is 4.98. The van der Waals surface area contributed by atoms with Crippen molar-refractivity contribution in [3.8, 4) is 0 Å². The van der Waals surface area contributed by atoms with Crippen molar-refractivity contribution < 1.29 is 13.2 Å². The number of aryl methyl sites for hydroxylation is 3. The quantitative estimate of drug-likeness (QED) is 0.734. The molecule has 1 amide bonds. The van der Waals surface area contributed by atoms with Gasteiger partial charge in [-0.1, -0.05) is 11.3 Å². The molecule has 30 heavy (non-hydrogen) atoms. The van der Waals surface area contributed by atoms with Gasteiger partial charge in [0.1, 0.15) is 5.69 Å². The number of amides is 1. The van der Waals surface area contributed by atoms with Crippen molar-refractivity contribution in [1.29, 1.82) is 0 Å². The molecule has 1 aromatic carbocycles. The first-order valence-corrected chi connectivity index (χ1v) is 12.2. The van der Waals surface area contributed by atoms with E-state index >= 15 is 0 Å². The first-order chi connectivity index (χ1) is 14.4. The van der Waals surface area contributed by atoms with E-state index in [-0.39, 0.29) is 11.8 Å². The van der Waals surface area contributed by atoms with E-state index in [4.69, 9.17) is 0 Å². The topological polar surface area (TPSA) is 88.4 Å². The summed E-state index contributed by atoms with van der Waals surface area (Å²) in [7, 11) is -1.63. The van der Waals surface area contributed by atoms with Crippen LogP contribution < -0.4 is 0 Å². The SMILES string of the molecule is Cn1nnc2c1CCN(C(=O)C1CCN(S(=O)(=O)c3ccc4c(c3)CCC4)CC1)C2. The van der Waals surface area contributed by atoms with E-state index in [1.807, 2.05) is 24.1 Å². The second-order valence-electron chi connectivity index (χ2n) is 8.58. The summed E-state index contributed by atoms with van der Waals surface area (Å²) in [4.78, 5) is 15.3. The number of carbonyl (C=O) groups is 1. The molecule has 2 aliphatic heterocycles. The second-order valence-corrected chi connectivity index (χ2v) is 10.5. The van der Waals surface area contributed by atoms with Crippen LogP contribution in [0.5, 0.6) is 0 Å². The summed E-state index contributed by atoms with van der Waals surface area (Å²) >= 11 is 0. The van der Waals surface area contributed by atoms with E-state index in [1.165, 1.54) is 5.56 Å². The molecular formula is C21H27N5O3S. The zero-order chi connectivity index (χ0) is 20.9. The fourth-order valence-electron chi connectivity index (χ4n) is 5.00. The van der Waals surface area contributed by atoms with E-state index in [2.05, 4.69) is 10.3 Å². The lowest BCUT2D eigenvalue weighted by Crippen LogP contribution is -2.45. The summed E-state index contributed by atoms with van der Waals surface area (Å²) in [6.45, 7) is 1.94. The van der Waals surface area contributed by atoms with E-state index in [0.717, 1.165) is 42.6 Å². The number of benzene rings is 1. The number of aromatic nitrogens is 3. The van der Waals surface area contributed by atoms with Crippen LogP contribution in [0.4, 0.5) is 0 Å². The summed E-state index contributed by atoms with van der Waals surface area (Å²) in [5, 5.41) is 8.22. The van der Waals surface area contributed by atoms with Gasteiger partial charge in [-0.2, -0.15) is 4.31 Å². The fraction of sp³-hybridized carbons (Fsp3) is 0.571.